The van der Waals surface area contributed by atoms with Crippen LogP contribution in [0.5, 0.6) is 0 Å². The number of aromatic carboxylic acids is 1. The van der Waals surface area contributed by atoms with E-state index in [1.165, 1.54) is 6.42 Å². The summed E-state index contributed by atoms with van der Waals surface area (Å²) in [5, 5.41) is 23.4. The van der Waals surface area contributed by atoms with Gasteiger partial charge in [-0.2, -0.15) is 0 Å². The Morgan fingerprint density at radius 3 is 3.00 bits per heavy atom. The van der Waals surface area contributed by atoms with Crippen LogP contribution in [0.1, 0.15) is 41.6 Å². The zero-order valence-corrected chi connectivity index (χ0v) is 10.8. The molecule has 1 saturated heterocycles. The SMILES string of the molecule is O=C(O)c1cccc(C2(O)CCC3CCNC3C2)c1. The second kappa shape index (κ2) is 4.62. The molecule has 0 bridgehead atoms. The van der Waals surface area contributed by atoms with Gasteiger partial charge in [0.15, 0.2) is 0 Å². The number of nitrogens with one attached hydrogen (secondary N) is 1. The highest BCUT2D eigenvalue weighted by atomic mass is 16.4. The van der Waals surface area contributed by atoms with Gasteiger partial charge in [0.1, 0.15) is 0 Å². The second-order valence-corrected chi connectivity index (χ2v) is 5.77. The highest BCUT2D eigenvalue weighted by Crippen LogP contribution is 2.42. The summed E-state index contributed by atoms with van der Waals surface area (Å²) in [5.74, 6) is -0.277. The van der Waals surface area contributed by atoms with E-state index >= 15 is 0 Å². The zero-order valence-electron chi connectivity index (χ0n) is 10.8. The monoisotopic (exact) mass is 261 g/mol. The van der Waals surface area contributed by atoms with E-state index in [1.54, 1.807) is 18.2 Å². The summed E-state index contributed by atoms with van der Waals surface area (Å²) >= 11 is 0. The average Bonchev–Trinajstić information content (AvgIpc) is 2.86. The topological polar surface area (TPSA) is 69.6 Å². The Kier molecular flexibility index (Phi) is 3.07. The lowest BCUT2D eigenvalue weighted by atomic mass is 9.73. The first-order valence-corrected chi connectivity index (χ1v) is 6.88. The van der Waals surface area contributed by atoms with E-state index in [-0.39, 0.29) is 5.56 Å². The number of carboxylic acids is 1. The fourth-order valence-corrected chi connectivity index (χ4v) is 3.50. The van der Waals surface area contributed by atoms with Crippen LogP contribution < -0.4 is 5.32 Å². The van der Waals surface area contributed by atoms with Crippen LogP contribution in [-0.4, -0.2) is 28.8 Å². The molecule has 0 radical (unpaired) electrons. The van der Waals surface area contributed by atoms with E-state index in [1.807, 2.05) is 6.07 Å². The van der Waals surface area contributed by atoms with Gasteiger partial charge in [-0.05, 0) is 55.8 Å². The molecule has 1 aliphatic heterocycles. The Morgan fingerprint density at radius 1 is 1.37 bits per heavy atom. The smallest absolute Gasteiger partial charge is 0.335 e. The number of rotatable bonds is 2. The van der Waals surface area contributed by atoms with E-state index in [4.69, 9.17) is 5.11 Å². The number of carboxylic acid groups (broad SMARTS) is 1. The van der Waals surface area contributed by atoms with Crippen molar-refractivity contribution in [3.63, 3.8) is 0 Å². The largest absolute Gasteiger partial charge is 0.478 e. The van der Waals surface area contributed by atoms with Crippen molar-refractivity contribution in [3.05, 3.63) is 35.4 Å². The molecule has 1 saturated carbocycles. The molecule has 3 rings (SSSR count). The van der Waals surface area contributed by atoms with Gasteiger partial charge < -0.3 is 15.5 Å². The van der Waals surface area contributed by atoms with Crippen LogP contribution in [0.25, 0.3) is 0 Å². The molecule has 3 N–H and O–H groups in total. The number of fused-ring (bicyclic) bond motifs is 1. The summed E-state index contributed by atoms with van der Waals surface area (Å²) in [6, 6.07) is 7.09. The zero-order chi connectivity index (χ0) is 13.5. The number of hydrogen-bond acceptors (Lipinski definition) is 3. The van der Waals surface area contributed by atoms with Crippen LogP contribution in [-0.2, 0) is 5.60 Å². The summed E-state index contributed by atoms with van der Waals surface area (Å²) in [5.41, 5.74) is 0.0937. The van der Waals surface area contributed by atoms with Crippen molar-refractivity contribution >= 4 is 5.97 Å². The molecule has 2 aliphatic rings. The Morgan fingerprint density at radius 2 is 2.21 bits per heavy atom. The summed E-state index contributed by atoms with van der Waals surface area (Å²) < 4.78 is 0. The number of aliphatic hydroxyl groups is 1. The molecule has 3 unspecified atom stereocenters. The molecule has 1 heterocycles. The van der Waals surface area contributed by atoms with Crippen molar-refractivity contribution in [1.82, 2.24) is 5.32 Å². The van der Waals surface area contributed by atoms with Gasteiger partial charge in [0.25, 0.3) is 0 Å². The molecule has 0 spiro atoms. The molecule has 3 atom stereocenters. The number of hydrogen-bond donors (Lipinski definition) is 3. The fourth-order valence-electron chi connectivity index (χ4n) is 3.50. The van der Waals surface area contributed by atoms with Crippen LogP contribution >= 0.6 is 0 Å². The quantitative estimate of drug-likeness (QED) is 0.758. The van der Waals surface area contributed by atoms with Crippen LogP contribution in [0, 0.1) is 5.92 Å². The molecule has 0 aromatic heterocycles. The molecule has 1 aromatic carbocycles. The highest BCUT2D eigenvalue weighted by molar-refractivity contribution is 5.87. The Labute approximate surface area is 112 Å². The predicted octanol–water partition coefficient (Wildman–Crippen LogP) is 1.73. The van der Waals surface area contributed by atoms with Gasteiger partial charge >= 0.3 is 5.97 Å². The number of carbonyl (C=O) groups is 1. The molecule has 2 fully saturated rings. The van der Waals surface area contributed by atoms with Crippen molar-refractivity contribution in [2.24, 2.45) is 5.92 Å². The van der Waals surface area contributed by atoms with E-state index in [0.29, 0.717) is 18.4 Å². The average molecular weight is 261 g/mol. The van der Waals surface area contributed by atoms with Gasteiger partial charge in [0.05, 0.1) is 11.2 Å². The standard InChI is InChI=1S/C15H19NO3/c17-14(18)11-2-1-3-12(8-11)15(19)6-4-10-5-7-16-13(10)9-15/h1-3,8,10,13,16,19H,4-7,9H2,(H,17,18). The van der Waals surface area contributed by atoms with Crippen molar-refractivity contribution in [2.45, 2.75) is 37.3 Å². The molecule has 1 aromatic rings. The lowest BCUT2D eigenvalue weighted by molar-refractivity contribution is -0.0211. The predicted molar refractivity (Wildman–Crippen MR) is 71.0 cm³/mol. The molecule has 4 nitrogen and oxygen atoms in total. The lowest BCUT2D eigenvalue weighted by Crippen LogP contribution is -2.42. The minimum Gasteiger partial charge on any atom is -0.478 e. The number of benzene rings is 1. The van der Waals surface area contributed by atoms with Gasteiger partial charge in [0.2, 0.25) is 0 Å². The third-order valence-electron chi connectivity index (χ3n) is 4.62. The maximum Gasteiger partial charge on any atom is 0.335 e. The van der Waals surface area contributed by atoms with E-state index < -0.39 is 11.6 Å². The van der Waals surface area contributed by atoms with Crippen molar-refractivity contribution < 1.29 is 15.0 Å². The van der Waals surface area contributed by atoms with E-state index in [2.05, 4.69) is 5.32 Å². The van der Waals surface area contributed by atoms with E-state index in [0.717, 1.165) is 24.9 Å². The summed E-state index contributed by atoms with van der Waals surface area (Å²) in [6.45, 7) is 1.03. The lowest BCUT2D eigenvalue weighted by Gasteiger charge is -2.39. The molecule has 102 valence electrons. The van der Waals surface area contributed by atoms with Gasteiger partial charge in [-0.3, -0.25) is 0 Å². The first kappa shape index (κ1) is 12.6. The van der Waals surface area contributed by atoms with E-state index in [9.17, 15) is 9.90 Å². The maximum absolute atomic E-state index is 11.0. The second-order valence-electron chi connectivity index (χ2n) is 5.77. The first-order valence-electron chi connectivity index (χ1n) is 6.88. The van der Waals surface area contributed by atoms with Crippen molar-refractivity contribution in [2.75, 3.05) is 6.54 Å². The van der Waals surface area contributed by atoms with Gasteiger partial charge in [-0.15, -0.1) is 0 Å². The maximum atomic E-state index is 11.0. The molecular weight excluding hydrogens is 242 g/mol. The first-order chi connectivity index (χ1) is 9.08. The van der Waals surface area contributed by atoms with Gasteiger partial charge in [-0.25, -0.2) is 4.79 Å². The third-order valence-corrected chi connectivity index (χ3v) is 4.62. The minimum atomic E-state index is -0.946. The van der Waals surface area contributed by atoms with Crippen molar-refractivity contribution in [3.8, 4) is 0 Å². The summed E-state index contributed by atoms with van der Waals surface area (Å²) in [6.07, 6.45) is 3.60. The van der Waals surface area contributed by atoms with Crippen LogP contribution in [0.3, 0.4) is 0 Å². The van der Waals surface area contributed by atoms with Crippen molar-refractivity contribution in [1.29, 1.82) is 0 Å². The Bertz CT molecular complexity index is 502. The highest BCUT2D eigenvalue weighted by Gasteiger charge is 2.42. The fraction of sp³-hybridized carbons (Fsp3) is 0.533. The Balaban J connectivity index is 1.88. The summed E-state index contributed by atoms with van der Waals surface area (Å²) in [4.78, 5) is 11.0. The molecule has 4 heteroatoms. The van der Waals surface area contributed by atoms with Crippen LogP contribution in [0.15, 0.2) is 24.3 Å². The molecule has 1 aliphatic carbocycles. The van der Waals surface area contributed by atoms with Gasteiger partial charge in [-0.1, -0.05) is 12.1 Å². The van der Waals surface area contributed by atoms with Crippen LogP contribution in [0.2, 0.25) is 0 Å². The molecule has 19 heavy (non-hydrogen) atoms. The summed E-state index contributed by atoms with van der Waals surface area (Å²) in [7, 11) is 0. The minimum absolute atomic E-state index is 0.243. The van der Waals surface area contributed by atoms with Crippen LogP contribution in [0.4, 0.5) is 0 Å². The molecule has 0 amide bonds. The third kappa shape index (κ3) is 2.26. The Hall–Kier alpha value is -1.39. The normalized spacial score (nSPS) is 33.9. The molecular formula is C15H19NO3. The van der Waals surface area contributed by atoms with Gasteiger partial charge in [0, 0.05) is 6.04 Å².